The van der Waals surface area contributed by atoms with Gasteiger partial charge < -0.3 is 14.4 Å². The van der Waals surface area contributed by atoms with Crippen LogP contribution < -0.4 is 9.47 Å². The average molecular weight is 483 g/mol. The summed E-state index contributed by atoms with van der Waals surface area (Å²) in [5.41, 5.74) is 1.39. The van der Waals surface area contributed by atoms with Crippen LogP contribution in [0.4, 0.5) is 4.39 Å². The first-order valence-corrected chi connectivity index (χ1v) is 12.4. The quantitative estimate of drug-likeness (QED) is 0.426. The molecule has 9 heteroatoms. The van der Waals surface area contributed by atoms with Crippen LogP contribution in [0, 0.1) is 5.82 Å². The Bertz CT molecular complexity index is 1200. The number of ether oxygens (including phenoxy) is 2. The summed E-state index contributed by atoms with van der Waals surface area (Å²) in [6.45, 7) is 0.695. The van der Waals surface area contributed by atoms with Crippen LogP contribution in [-0.2, 0) is 4.79 Å². The van der Waals surface area contributed by atoms with Gasteiger partial charge in [-0.1, -0.05) is 23.9 Å². The monoisotopic (exact) mass is 482 g/mol. The first-order chi connectivity index (χ1) is 16.6. The molecule has 1 aliphatic heterocycles. The molecule has 7 nitrogen and oxygen atoms in total. The molecule has 1 amide bonds. The Kier molecular flexibility index (Phi) is 6.45. The van der Waals surface area contributed by atoms with E-state index in [1.54, 1.807) is 32.4 Å². The molecular formula is C25H27FN4O3S. The van der Waals surface area contributed by atoms with E-state index in [4.69, 9.17) is 9.47 Å². The number of thioether (sulfide) groups is 1. The highest BCUT2D eigenvalue weighted by Gasteiger charge is 2.34. The van der Waals surface area contributed by atoms with Gasteiger partial charge in [0.25, 0.3) is 0 Å². The fourth-order valence-electron chi connectivity index (χ4n) is 4.56. The van der Waals surface area contributed by atoms with Crippen LogP contribution in [0.3, 0.4) is 0 Å². The smallest absolute Gasteiger partial charge is 0.233 e. The van der Waals surface area contributed by atoms with E-state index in [-0.39, 0.29) is 29.6 Å². The number of hydrogen-bond donors (Lipinski definition) is 0. The number of rotatable bonds is 8. The minimum atomic E-state index is -0.323. The first kappa shape index (κ1) is 22.7. The maximum absolute atomic E-state index is 14.4. The van der Waals surface area contributed by atoms with Gasteiger partial charge in [0.2, 0.25) is 5.91 Å². The number of hydrogen-bond acceptors (Lipinski definition) is 6. The number of methoxy groups -OCH3 is 2. The van der Waals surface area contributed by atoms with Crippen molar-refractivity contribution in [2.24, 2.45) is 0 Å². The van der Waals surface area contributed by atoms with Gasteiger partial charge in [-0.3, -0.25) is 9.36 Å². The predicted octanol–water partition coefficient (Wildman–Crippen LogP) is 4.89. The molecule has 0 N–H and O–H groups in total. The van der Waals surface area contributed by atoms with Gasteiger partial charge in [-0.2, -0.15) is 0 Å². The molecule has 0 radical (unpaired) electrons. The predicted molar refractivity (Wildman–Crippen MR) is 128 cm³/mol. The van der Waals surface area contributed by atoms with Crippen molar-refractivity contribution in [3.8, 4) is 22.9 Å². The number of carbonyl (C=O) groups is 1. The topological polar surface area (TPSA) is 69.5 Å². The molecule has 1 saturated heterocycles. The summed E-state index contributed by atoms with van der Waals surface area (Å²) >= 11 is 1.37. The first-order valence-electron chi connectivity index (χ1n) is 11.4. The second kappa shape index (κ2) is 9.66. The Hall–Kier alpha value is -3.07. The number of amides is 1. The molecule has 0 bridgehead atoms. The highest BCUT2D eigenvalue weighted by Crippen LogP contribution is 2.42. The second-order valence-corrected chi connectivity index (χ2v) is 9.47. The van der Waals surface area contributed by atoms with Gasteiger partial charge in [0, 0.05) is 18.2 Å². The van der Waals surface area contributed by atoms with Crippen molar-refractivity contribution in [2.75, 3.05) is 26.5 Å². The van der Waals surface area contributed by atoms with Crippen LogP contribution in [0.15, 0.2) is 47.6 Å². The minimum absolute atomic E-state index is 0.0372. The van der Waals surface area contributed by atoms with Crippen LogP contribution in [0.1, 0.15) is 43.3 Å². The van der Waals surface area contributed by atoms with Crippen molar-refractivity contribution in [2.45, 2.75) is 42.9 Å². The fraction of sp³-hybridized carbons (Fsp3) is 0.400. The minimum Gasteiger partial charge on any atom is -0.497 e. The molecule has 2 aromatic carbocycles. The van der Waals surface area contributed by atoms with Crippen LogP contribution in [-0.4, -0.2) is 52.1 Å². The molecule has 5 rings (SSSR count). The SMILES string of the molecule is COc1ccc(OC)c(C2CCCN2C(=O)CSc2nnc(-c3ccccc3F)n2C2CC2)c1. The largest absolute Gasteiger partial charge is 0.497 e. The molecule has 1 saturated carbocycles. The summed E-state index contributed by atoms with van der Waals surface area (Å²) in [5.74, 6) is 1.97. The van der Waals surface area contributed by atoms with Crippen LogP contribution in [0.2, 0.25) is 0 Å². The molecule has 178 valence electrons. The summed E-state index contributed by atoms with van der Waals surface area (Å²) in [6.07, 6.45) is 3.81. The fourth-order valence-corrected chi connectivity index (χ4v) is 5.45. The van der Waals surface area contributed by atoms with Crippen molar-refractivity contribution in [1.82, 2.24) is 19.7 Å². The van der Waals surface area contributed by atoms with Crippen molar-refractivity contribution in [3.63, 3.8) is 0 Å². The maximum Gasteiger partial charge on any atom is 0.233 e. The molecule has 3 aromatic rings. The van der Waals surface area contributed by atoms with E-state index in [2.05, 4.69) is 10.2 Å². The van der Waals surface area contributed by atoms with E-state index < -0.39 is 0 Å². The lowest BCUT2D eigenvalue weighted by Gasteiger charge is -2.26. The lowest BCUT2D eigenvalue weighted by atomic mass is 10.0. The molecule has 1 aromatic heterocycles. The van der Waals surface area contributed by atoms with E-state index in [0.29, 0.717) is 23.1 Å². The van der Waals surface area contributed by atoms with E-state index in [9.17, 15) is 9.18 Å². The van der Waals surface area contributed by atoms with E-state index in [1.165, 1.54) is 17.8 Å². The molecule has 2 heterocycles. The van der Waals surface area contributed by atoms with Gasteiger partial charge in [0.15, 0.2) is 11.0 Å². The van der Waals surface area contributed by atoms with Crippen molar-refractivity contribution < 1.29 is 18.7 Å². The van der Waals surface area contributed by atoms with Gasteiger partial charge in [0.1, 0.15) is 17.3 Å². The number of aromatic nitrogens is 3. The molecule has 0 spiro atoms. The van der Waals surface area contributed by atoms with Gasteiger partial charge in [-0.25, -0.2) is 4.39 Å². The lowest BCUT2D eigenvalue weighted by molar-refractivity contribution is -0.129. The number of halogens is 1. The van der Waals surface area contributed by atoms with E-state index >= 15 is 0 Å². The second-order valence-electron chi connectivity index (χ2n) is 8.53. The van der Waals surface area contributed by atoms with Gasteiger partial charge in [0.05, 0.1) is 31.6 Å². The maximum atomic E-state index is 14.4. The summed E-state index contributed by atoms with van der Waals surface area (Å²) in [7, 11) is 3.27. The summed E-state index contributed by atoms with van der Waals surface area (Å²) in [5, 5.41) is 9.26. The van der Waals surface area contributed by atoms with Crippen molar-refractivity contribution >= 4 is 17.7 Å². The summed E-state index contributed by atoms with van der Waals surface area (Å²) < 4.78 is 27.4. The molecule has 1 aliphatic carbocycles. The highest BCUT2D eigenvalue weighted by atomic mass is 32.2. The Labute approximate surface area is 202 Å². The standard InChI is InChI=1S/C25H27FN4O3S/c1-32-17-11-12-22(33-2)19(14-17)21-8-5-13-29(21)23(31)15-34-25-28-27-24(30(25)16-9-10-16)18-6-3-4-7-20(18)26/h3-4,6-7,11-12,14,16,21H,5,8-10,13,15H2,1-2H3. The Morgan fingerprint density at radius 1 is 1.12 bits per heavy atom. The van der Waals surface area contributed by atoms with E-state index in [0.717, 1.165) is 42.7 Å². The van der Waals surface area contributed by atoms with Gasteiger partial charge in [-0.05, 0) is 56.0 Å². The molecule has 2 aliphatic rings. The third kappa shape index (κ3) is 4.36. The highest BCUT2D eigenvalue weighted by molar-refractivity contribution is 7.99. The molecule has 1 unspecified atom stereocenters. The van der Waals surface area contributed by atoms with Crippen LogP contribution >= 0.6 is 11.8 Å². The lowest BCUT2D eigenvalue weighted by Crippen LogP contribution is -2.32. The van der Waals surface area contributed by atoms with Crippen molar-refractivity contribution in [3.05, 3.63) is 53.8 Å². The van der Waals surface area contributed by atoms with E-state index in [1.807, 2.05) is 27.7 Å². The van der Waals surface area contributed by atoms with Crippen LogP contribution in [0.5, 0.6) is 11.5 Å². The number of nitrogens with zero attached hydrogens (tertiary/aromatic N) is 4. The third-order valence-electron chi connectivity index (χ3n) is 6.39. The molecular weight excluding hydrogens is 455 g/mol. The zero-order valence-corrected chi connectivity index (χ0v) is 20.1. The zero-order chi connectivity index (χ0) is 23.7. The summed E-state index contributed by atoms with van der Waals surface area (Å²) in [4.78, 5) is 15.2. The Balaban J connectivity index is 1.35. The van der Waals surface area contributed by atoms with Crippen molar-refractivity contribution in [1.29, 1.82) is 0 Å². The molecule has 2 fully saturated rings. The average Bonchev–Trinajstić information content (AvgIpc) is 3.42. The molecule has 1 atom stereocenters. The zero-order valence-electron chi connectivity index (χ0n) is 19.2. The Morgan fingerprint density at radius 2 is 1.94 bits per heavy atom. The van der Waals surface area contributed by atoms with Gasteiger partial charge >= 0.3 is 0 Å². The Morgan fingerprint density at radius 3 is 2.68 bits per heavy atom. The number of likely N-dealkylation sites (tertiary alicyclic amines) is 1. The number of carbonyl (C=O) groups excluding carboxylic acids is 1. The summed E-state index contributed by atoms with van der Waals surface area (Å²) in [6, 6.07) is 12.5. The number of benzene rings is 2. The normalized spacial score (nSPS) is 17.7. The van der Waals surface area contributed by atoms with Gasteiger partial charge in [-0.15, -0.1) is 10.2 Å². The van der Waals surface area contributed by atoms with Crippen LogP contribution in [0.25, 0.3) is 11.4 Å². The third-order valence-corrected chi connectivity index (χ3v) is 7.31. The molecule has 34 heavy (non-hydrogen) atoms.